The molecule has 0 bridgehead atoms. The van der Waals surface area contributed by atoms with E-state index >= 15 is 0 Å². The third kappa shape index (κ3) is 2.87. The average Bonchev–Trinajstić information content (AvgIpc) is 2.19. The van der Waals surface area contributed by atoms with Gasteiger partial charge in [-0.2, -0.15) is 18.4 Å². The maximum Gasteiger partial charge on any atom is 0.417 e. The number of alkyl halides is 3. The van der Waals surface area contributed by atoms with E-state index in [9.17, 15) is 18.0 Å². The predicted molar refractivity (Wildman–Crippen MR) is 50.7 cm³/mol. The highest BCUT2D eigenvalue weighted by Crippen LogP contribution is 2.36. The van der Waals surface area contributed by atoms with Crippen molar-refractivity contribution in [3.8, 4) is 6.07 Å². The molecule has 0 radical (unpaired) electrons. The summed E-state index contributed by atoms with van der Waals surface area (Å²) in [5.74, 6) is -1.05. The van der Waals surface area contributed by atoms with Crippen LogP contribution in [0, 0.1) is 11.3 Å². The van der Waals surface area contributed by atoms with Crippen molar-refractivity contribution in [2.45, 2.75) is 6.18 Å². The highest BCUT2D eigenvalue weighted by molar-refractivity contribution is 6.31. The molecule has 0 aliphatic heterocycles. The van der Waals surface area contributed by atoms with Gasteiger partial charge in [-0.25, -0.2) is 0 Å². The third-order valence-corrected chi connectivity index (χ3v) is 1.96. The molecule has 16 heavy (non-hydrogen) atoms. The number of halogens is 4. The largest absolute Gasteiger partial charge is 0.417 e. The Hall–Kier alpha value is -1.74. The summed E-state index contributed by atoms with van der Waals surface area (Å²) in [6, 6.07) is 4.06. The summed E-state index contributed by atoms with van der Waals surface area (Å²) in [4.78, 5) is 10.6. The summed E-state index contributed by atoms with van der Waals surface area (Å²) in [6.07, 6.45) is -4.61. The lowest BCUT2D eigenvalue weighted by Gasteiger charge is -2.10. The van der Waals surface area contributed by atoms with Gasteiger partial charge in [-0.1, -0.05) is 11.6 Å². The van der Waals surface area contributed by atoms with Crippen molar-refractivity contribution in [1.82, 2.24) is 0 Å². The van der Waals surface area contributed by atoms with Crippen LogP contribution in [0.5, 0.6) is 0 Å². The van der Waals surface area contributed by atoms with Crippen LogP contribution in [-0.2, 0) is 11.0 Å². The zero-order chi connectivity index (χ0) is 12.3. The third-order valence-electron chi connectivity index (χ3n) is 1.63. The molecule has 0 fully saturated rings. The number of carbonyl (C=O) groups is 1. The molecule has 1 N–H and O–H groups in total. The minimum absolute atomic E-state index is 0.136. The highest BCUT2D eigenvalue weighted by atomic mass is 35.5. The second kappa shape index (κ2) is 4.41. The molecule has 84 valence electrons. The number of nitriles is 1. The zero-order valence-corrected chi connectivity index (χ0v) is 8.36. The minimum atomic E-state index is -4.61. The number of amides is 1. The molecule has 0 unspecified atom stereocenters. The fraction of sp³-hybridized carbons (Fsp3) is 0.111. The average molecular weight is 249 g/mol. The van der Waals surface area contributed by atoms with E-state index in [-0.39, 0.29) is 5.69 Å². The normalized spacial score (nSPS) is 10.7. The molecule has 0 atom stereocenters. The van der Waals surface area contributed by atoms with Crippen LogP contribution >= 0.6 is 11.6 Å². The van der Waals surface area contributed by atoms with E-state index in [1.165, 1.54) is 12.1 Å². The second-order valence-electron chi connectivity index (χ2n) is 2.76. The molecular formula is C9H4ClF3N2O. The molecule has 0 spiro atoms. The van der Waals surface area contributed by atoms with Gasteiger partial charge in [-0.3, -0.25) is 4.79 Å². The van der Waals surface area contributed by atoms with E-state index in [0.717, 1.165) is 6.07 Å². The Morgan fingerprint density at radius 2 is 2.06 bits per heavy atom. The van der Waals surface area contributed by atoms with Crippen LogP contribution in [-0.4, -0.2) is 5.91 Å². The van der Waals surface area contributed by atoms with E-state index in [1.807, 2.05) is 5.32 Å². The molecular weight excluding hydrogens is 245 g/mol. The molecule has 0 aromatic heterocycles. The van der Waals surface area contributed by atoms with E-state index in [1.54, 1.807) is 0 Å². The quantitative estimate of drug-likeness (QED) is 0.777. The van der Waals surface area contributed by atoms with Crippen LogP contribution in [0.1, 0.15) is 5.56 Å². The number of rotatable bonds is 1. The SMILES string of the molecule is N#CC(=O)Nc1ccc(Cl)c(C(F)(F)F)c1. The van der Waals surface area contributed by atoms with Gasteiger partial charge in [0.25, 0.3) is 0 Å². The van der Waals surface area contributed by atoms with Gasteiger partial charge in [0.2, 0.25) is 0 Å². The fourth-order valence-electron chi connectivity index (χ4n) is 0.979. The molecule has 0 aliphatic carbocycles. The number of nitrogens with zero attached hydrogens (tertiary/aromatic N) is 1. The van der Waals surface area contributed by atoms with Crippen LogP contribution in [0.3, 0.4) is 0 Å². The van der Waals surface area contributed by atoms with Crippen molar-refractivity contribution in [3.63, 3.8) is 0 Å². The zero-order valence-electron chi connectivity index (χ0n) is 7.60. The Kier molecular flexibility index (Phi) is 3.40. The lowest BCUT2D eigenvalue weighted by molar-refractivity contribution is -0.137. The van der Waals surface area contributed by atoms with Gasteiger partial charge >= 0.3 is 12.1 Å². The Morgan fingerprint density at radius 1 is 1.44 bits per heavy atom. The monoisotopic (exact) mass is 248 g/mol. The maximum atomic E-state index is 12.4. The van der Waals surface area contributed by atoms with Crippen LogP contribution in [0.2, 0.25) is 5.02 Å². The molecule has 1 amide bonds. The van der Waals surface area contributed by atoms with Gasteiger partial charge in [0.1, 0.15) is 0 Å². The van der Waals surface area contributed by atoms with Crippen molar-refractivity contribution in [2.75, 3.05) is 5.32 Å². The number of hydrogen-bond acceptors (Lipinski definition) is 2. The topological polar surface area (TPSA) is 52.9 Å². The van der Waals surface area contributed by atoms with E-state index in [2.05, 4.69) is 0 Å². The molecule has 0 heterocycles. The van der Waals surface area contributed by atoms with Gasteiger partial charge in [0.05, 0.1) is 10.6 Å². The summed E-state index contributed by atoms with van der Waals surface area (Å²) in [5.41, 5.74) is -1.20. The smallest absolute Gasteiger partial charge is 0.313 e. The summed E-state index contributed by atoms with van der Waals surface area (Å²) >= 11 is 5.35. The molecule has 1 rings (SSSR count). The summed E-state index contributed by atoms with van der Waals surface area (Å²) in [6.45, 7) is 0. The first kappa shape index (κ1) is 12.3. The molecule has 3 nitrogen and oxygen atoms in total. The number of carbonyl (C=O) groups excluding carboxylic acids is 1. The van der Waals surface area contributed by atoms with Crippen LogP contribution in [0.4, 0.5) is 18.9 Å². The van der Waals surface area contributed by atoms with Crippen LogP contribution < -0.4 is 5.32 Å². The number of benzene rings is 1. The molecule has 0 saturated heterocycles. The van der Waals surface area contributed by atoms with Gasteiger partial charge in [-0.15, -0.1) is 0 Å². The Morgan fingerprint density at radius 3 is 2.56 bits per heavy atom. The molecule has 7 heteroatoms. The van der Waals surface area contributed by atoms with E-state index in [4.69, 9.17) is 16.9 Å². The molecule has 0 saturated carbocycles. The molecule has 1 aromatic rings. The Balaban J connectivity index is 3.09. The number of hydrogen-bond donors (Lipinski definition) is 1. The maximum absolute atomic E-state index is 12.4. The van der Waals surface area contributed by atoms with Crippen molar-refractivity contribution in [3.05, 3.63) is 28.8 Å². The fourth-order valence-corrected chi connectivity index (χ4v) is 1.20. The van der Waals surface area contributed by atoms with Gasteiger partial charge < -0.3 is 5.32 Å². The second-order valence-corrected chi connectivity index (χ2v) is 3.17. The lowest BCUT2D eigenvalue weighted by Crippen LogP contribution is -2.11. The summed E-state index contributed by atoms with van der Waals surface area (Å²) in [7, 11) is 0. The summed E-state index contributed by atoms with van der Waals surface area (Å²) < 4.78 is 37.2. The first-order valence-corrected chi connectivity index (χ1v) is 4.30. The van der Waals surface area contributed by atoms with Crippen molar-refractivity contribution >= 4 is 23.2 Å². The lowest BCUT2D eigenvalue weighted by atomic mass is 10.2. The Labute approximate surface area is 93.4 Å². The molecule has 1 aromatic carbocycles. The number of nitrogens with one attached hydrogen (secondary N) is 1. The van der Waals surface area contributed by atoms with Gasteiger partial charge in [-0.05, 0) is 18.2 Å². The van der Waals surface area contributed by atoms with Crippen LogP contribution in [0.25, 0.3) is 0 Å². The van der Waals surface area contributed by atoms with Crippen molar-refractivity contribution < 1.29 is 18.0 Å². The molecule has 0 aliphatic rings. The minimum Gasteiger partial charge on any atom is -0.313 e. The van der Waals surface area contributed by atoms with E-state index < -0.39 is 22.7 Å². The standard InChI is InChI=1S/C9H4ClF3N2O/c10-7-2-1-5(15-8(16)4-14)3-6(7)9(11,12)13/h1-3H,(H,15,16). The summed E-state index contributed by atoms with van der Waals surface area (Å²) in [5, 5.41) is 9.67. The van der Waals surface area contributed by atoms with E-state index in [0.29, 0.717) is 6.07 Å². The van der Waals surface area contributed by atoms with Gasteiger partial charge in [0, 0.05) is 5.69 Å². The van der Waals surface area contributed by atoms with Crippen LogP contribution in [0.15, 0.2) is 18.2 Å². The Bertz CT molecular complexity index is 465. The first-order valence-electron chi connectivity index (χ1n) is 3.92. The van der Waals surface area contributed by atoms with Crippen molar-refractivity contribution in [1.29, 1.82) is 5.26 Å². The highest BCUT2D eigenvalue weighted by Gasteiger charge is 2.33. The number of anilines is 1. The van der Waals surface area contributed by atoms with Gasteiger partial charge in [0.15, 0.2) is 6.07 Å². The first-order chi connectivity index (χ1) is 7.34. The van der Waals surface area contributed by atoms with Crippen molar-refractivity contribution in [2.24, 2.45) is 0 Å². The predicted octanol–water partition coefficient (Wildman–Crippen LogP) is 2.82.